The Labute approximate surface area is 106 Å². The Morgan fingerprint density at radius 3 is 1.88 bits per heavy atom. The summed E-state index contributed by atoms with van der Waals surface area (Å²) < 4.78 is 0. The maximum absolute atomic E-state index is 9.03. The second-order valence-corrected chi connectivity index (χ2v) is 4.92. The van der Waals surface area contributed by atoms with E-state index in [0.29, 0.717) is 16.3 Å². The van der Waals surface area contributed by atoms with Crippen molar-refractivity contribution in [2.24, 2.45) is 0 Å². The minimum atomic E-state index is -0.0181. The van der Waals surface area contributed by atoms with Gasteiger partial charge in [0.05, 0.1) is 5.02 Å². The first-order chi connectivity index (χ1) is 7.93. The Hall–Kier alpha value is -0.970. The minimum Gasteiger partial charge on any atom is -0.339 e. The molecule has 1 rings (SSSR count). The molecule has 0 aliphatic heterocycles. The maximum Gasteiger partial charge on any atom is 0.190 e. The number of benzene rings is 1. The van der Waals surface area contributed by atoms with E-state index < -0.39 is 0 Å². The van der Waals surface area contributed by atoms with E-state index in [2.05, 4.69) is 9.78 Å². The van der Waals surface area contributed by atoms with Crippen LogP contribution in [0.15, 0.2) is 6.07 Å². The van der Waals surface area contributed by atoms with Crippen molar-refractivity contribution < 1.29 is 20.3 Å². The smallest absolute Gasteiger partial charge is 0.190 e. The lowest BCUT2D eigenvalue weighted by molar-refractivity contribution is -0.146. The molecule has 4 nitrogen and oxygen atoms in total. The van der Waals surface area contributed by atoms with Crippen LogP contribution >= 0.6 is 11.6 Å². The first-order valence-corrected chi connectivity index (χ1v) is 5.80. The molecular formula is C12H17ClO4. The highest BCUT2D eigenvalue weighted by molar-refractivity contribution is 6.32. The lowest BCUT2D eigenvalue weighted by Gasteiger charge is -2.19. The summed E-state index contributed by atoms with van der Waals surface area (Å²) >= 11 is 6.03. The molecule has 1 aromatic rings. The summed E-state index contributed by atoms with van der Waals surface area (Å²) in [5, 5.41) is 18.2. The van der Waals surface area contributed by atoms with Crippen LogP contribution in [0.25, 0.3) is 0 Å². The predicted molar refractivity (Wildman–Crippen MR) is 66.1 cm³/mol. The average Bonchev–Trinajstić information content (AvgIpc) is 2.26. The van der Waals surface area contributed by atoms with Gasteiger partial charge in [0.2, 0.25) is 0 Å². The van der Waals surface area contributed by atoms with Gasteiger partial charge in [0.1, 0.15) is 0 Å². The van der Waals surface area contributed by atoms with Gasteiger partial charge in [-0.15, -0.1) is 0 Å². The average molecular weight is 261 g/mol. The van der Waals surface area contributed by atoms with Crippen molar-refractivity contribution in [3.8, 4) is 11.5 Å². The van der Waals surface area contributed by atoms with E-state index >= 15 is 0 Å². The Kier molecular flexibility index (Phi) is 4.62. The first kappa shape index (κ1) is 14.1. The minimum absolute atomic E-state index is 0.0181. The largest absolute Gasteiger partial charge is 0.339 e. The van der Waals surface area contributed by atoms with Crippen LogP contribution < -0.4 is 9.78 Å². The Bertz CT molecular complexity index is 402. The van der Waals surface area contributed by atoms with Crippen LogP contribution in [0.2, 0.25) is 5.02 Å². The highest BCUT2D eigenvalue weighted by Crippen LogP contribution is 2.44. The molecule has 1 aromatic carbocycles. The van der Waals surface area contributed by atoms with Gasteiger partial charge < -0.3 is 9.78 Å². The third-order valence-corrected chi connectivity index (χ3v) is 2.91. The molecule has 2 N–H and O–H groups in total. The summed E-state index contributed by atoms with van der Waals surface area (Å²) in [7, 11) is 0. The van der Waals surface area contributed by atoms with Crippen molar-refractivity contribution in [3.05, 3.63) is 22.2 Å². The fraction of sp³-hybridized carbons (Fsp3) is 0.500. The lowest BCUT2D eigenvalue weighted by Crippen LogP contribution is -2.04. The summed E-state index contributed by atoms with van der Waals surface area (Å²) in [4.78, 5) is 8.74. The highest BCUT2D eigenvalue weighted by Gasteiger charge is 2.24. The van der Waals surface area contributed by atoms with Gasteiger partial charge in [0, 0.05) is 11.1 Å². The fourth-order valence-corrected chi connectivity index (χ4v) is 2.06. The standard InChI is InChI=1S/C12H17ClO4/c1-6(2)8-5-9(13)12(17-15)10(7(3)4)11(8)16-14/h5-7,14-15H,1-4H3. The number of hydrogen-bond donors (Lipinski definition) is 2. The van der Waals surface area contributed by atoms with Gasteiger partial charge in [-0.25, -0.2) is 10.5 Å². The van der Waals surface area contributed by atoms with Gasteiger partial charge in [-0.05, 0) is 17.9 Å². The van der Waals surface area contributed by atoms with Gasteiger partial charge in [-0.2, -0.15) is 0 Å². The Morgan fingerprint density at radius 1 is 1.00 bits per heavy atom. The highest BCUT2D eigenvalue weighted by atomic mass is 35.5. The molecule has 0 spiro atoms. The molecule has 0 saturated carbocycles. The van der Waals surface area contributed by atoms with Crippen LogP contribution in [0.4, 0.5) is 0 Å². The van der Waals surface area contributed by atoms with Crippen LogP contribution in [0.3, 0.4) is 0 Å². The van der Waals surface area contributed by atoms with Crippen molar-refractivity contribution in [1.29, 1.82) is 0 Å². The van der Waals surface area contributed by atoms with Crippen LogP contribution in [0.1, 0.15) is 50.7 Å². The summed E-state index contributed by atoms with van der Waals surface area (Å²) in [6, 6.07) is 1.62. The molecule has 0 bridgehead atoms. The van der Waals surface area contributed by atoms with Gasteiger partial charge in [-0.3, -0.25) is 0 Å². The van der Waals surface area contributed by atoms with Gasteiger partial charge in [0.15, 0.2) is 11.5 Å². The number of rotatable bonds is 4. The molecule has 0 aliphatic carbocycles. The van der Waals surface area contributed by atoms with Gasteiger partial charge in [0.25, 0.3) is 0 Å². The maximum atomic E-state index is 9.03. The van der Waals surface area contributed by atoms with Crippen LogP contribution in [-0.2, 0) is 0 Å². The van der Waals surface area contributed by atoms with Crippen molar-refractivity contribution in [2.75, 3.05) is 0 Å². The van der Waals surface area contributed by atoms with Crippen molar-refractivity contribution in [1.82, 2.24) is 0 Å². The molecule has 0 radical (unpaired) electrons. The molecule has 0 atom stereocenters. The molecule has 0 heterocycles. The van der Waals surface area contributed by atoms with E-state index in [4.69, 9.17) is 22.1 Å². The Morgan fingerprint density at radius 2 is 1.53 bits per heavy atom. The predicted octanol–water partition coefficient (Wildman–Crippen LogP) is 4.29. The fourth-order valence-electron chi connectivity index (χ4n) is 1.80. The van der Waals surface area contributed by atoms with Crippen LogP contribution in [0.5, 0.6) is 11.5 Å². The lowest BCUT2D eigenvalue weighted by atomic mass is 9.93. The Balaban J connectivity index is 3.59. The third-order valence-electron chi connectivity index (χ3n) is 2.63. The van der Waals surface area contributed by atoms with E-state index in [9.17, 15) is 0 Å². The molecule has 0 saturated heterocycles. The SMILES string of the molecule is CC(C)c1cc(Cl)c(OO)c(C(C)C)c1OO. The van der Waals surface area contributed by atoms with Crippen molar-refractivity contribution >= 4 is 11.6 Å². The second kappa shape index (κ2) is 5.58. The first-order valence-electron chi connectivity index (χ1n) is 5.43. The van der Waals surface area contributed by atoms with E-state index in [-0.39, 0.29) is 17.6 Å². The van der Waals surface area contributed by atoms with E-state index in [0.717, 1.165) is 5.56 Å². The molecule has 0 unspecified atom stereocenters. The number of hydrogen-bond acceptors (Lipinski definition) is 4. The van der Waals surface area contributed by atoms with Crippen molar-refractivity contribution in [2.45, 2.75) is 39.5 Å². The number of halogens is 1. The molecule has 96 valence electrons. The third kappa shape index (κ3) is 2.65. The van der Waals surface area contributed by atoms with Gasteiger partial charge in [-0.1, -0.05) is 39.3 Å². The summed E-state index contributed by atoms with van der Waals surface area (Å²) in [5.41, 5.74) is 1.31. The molecular weight excluding hydrogens is 244 g/mol. The molecule has 17 heavy (non-hydrogen) atoms. The normalized spacial score (nSPS) is 11.1. The summed E-state index contributed by atoms with van der Waals surface area (Å²) in [6.45, 7) is 7.69. The summed E-state index contributed by atoms with van der Waals surface area (Å²) in [6.07, 6.45) is 0. The second-order valence-electron chi connectivity index (χ2n) is 4.51. The molecule has 0 amide bonds. The molecule has 5 heteroatoms. The zero-order valence-corrected chi connectivity index (χ0v) is 11.1. The molecule has 0 fully saturated rings. The van der Waals surface area contributed by atoms with Crippen LogP contribution in [-0.4, -0.2) is 10.5 Å². The molecule has 0 aliphatic rings. The van der Waals surface area contributed by atoms with E-state index in [1.165, 1.54) is 0 Å². The zero-order chi connectivity index (χ0) is 13.2. The zero-order valence-electron chi connectivity index (χ0n) is 10.3. The molecule has 0 aromatic heterocycles. The monoisotopic (exact) mass is 260 g/mol. The van der Waals surface area contributed by atoms with Crippen molar-refractivity contribution in [3.63, 3.8) is 0 Å². The van der Waals surface area contributed by atoms with Gasteiger partial charge >= 0.3 is 0 Å². The van der Waals surface area contributed by atoms with Crippen LogP contribution in [0, 0.1) is 0 Å². The van der Waals surface area contributed by atoms with E-state index in [1.54, 1.807) is 6.07 Å². The van der Waals surface area contributed by atoms with E-state index in [1.807, 2.05) is 27.7 Å². The summed E-state index contributed by atoms with van der Waals surface area (Å²) in [5.74, 6) is 0.522. The topological polar surface area (TPSA) is 58.9 Å². The quantitative estimate of drug-likeness (QED) is 0.626.